The van der Waals surface area contributed by atoms with E-state index >= 15 is 0 Å². The molecule has 0 atom stereocenters. The highest BCUT2D eigenvalue weighted by molar-refractivity contribution is 5.82. The number of nitrogens with two attached hydrogens (primary N) is 1. The first-order valence-electron chi connectivity index (χ1n) is 3.30. The summed E-state index contributed by atoms with van der Waals surface area (Å²) in [6.07, 6.45) is 0. The highest BCUT2D eigenvalue weighted by Gasteiger charge is 1.85. The van der Waals surface area contributed by atoms with Crippen LogP contribution in [-0.2, 0) is 0 Å². The molecule has 0 aromatic rings. The number of hydrogen-bond acceptors (Lipinski definition) is 2. The van der Waals surface area contributed by atoms with Crippen LogP contribution in [-0.4, -0.2) is 25.5 Å². The van der Waals surface area contributed by atoms with Crippen LogP contribution in [0.25, 0.3) is 0 Å². The van der Waals surface area contributed by atoms with E-state index in [0.29, 0.717) is 12.4 Å². The molecular weight excluding hydrogens is 114 g/mol. The van der Waals surface area contributed by atoms with Crippen molar-refractivity contribution in [2.24, 2.45) is 10.7 Å². The number of hydrogen-bond donors (Lipinski definition) is 2. The highest BCUT2D eigenvalue weighted by atomic mass is 14.9. The number of rotatable bonds is 4. The molecule has 0 bridgehead atoms. The molecule has 0 radical (unpaired) electrons. The molecule has 0 aliphatic carbocycles. The van der Waals surface area contributed by atoms with Gasteiger partial charge in [-0.15, -0.1) is 0 Å². The van der Waals surface area contributed by atoms with Crippen LogP contribution in [0.3, 0.4) is 0 Å². The third kappa shape index (κ3) is 5.30. The van der Waals surface area contributed by atoms with Crippen LogP contribution in [0.5, 0.6) is 0 Å². The summed E-state index contributed by atoms with van der Waals surface area (Å²) >= 11 is 0. The fraction of sp³-hybridized carbons (Fsp3) is 0.833. The van der Waals surface area contributed by atoms with Crippen LogP contribution in [0.4, 0.5) is 0 Å². The second kappa shape index (κ2) is 5.56. The number of aliphatic imine (C=N–C) groups is 1. The molecule has 0 rings (SSSR count). The summed E-state index contributed by atoms with van der Waals surface area (Å²) in [5.41, 5.74) is 5.46. The van der Waals surface area contributed by atoms with Crippen molar-refractivity contribution >= 4 is 5.84 Å². The van der Waals surface area contributed by atoms with Crippen LogP contribution >= 0.6 is 0 Å². The van der Waals surface area contributed by atoms with Crippen molar-refractivity contribution in [1.29, 1.82) is 0 Å². The Labute approximate surface area is 56.3 Å². The average molecular weight is 129 g/mol. The third-order valence-corrected chi connectivity index (χ3v) is 0.917. The summed E-state index contributed by atoms with van der Waals surface area (Å²) in [5.74, 6) is 0.694. The topological polar surface area (TPSA) is 50.4 Å². The Kier molecular flexibility index (Phi) is 5.21. The number of nitrogens with zero attached hydrogens (tertiary/aromatic N) is 1. The molecule has 0 amide bonds. The molecule has 0 aliphatic rings. The van der Waals surface area contributed by atoms with Crippen molar-refractivity contribution in [3.05, 3.63) is 0 Å². The lowest BCUT2D eigenvalue weighted by Crippen LogP contribution is -2.28. The molecule has 54 valence electrons. The molecular formula is C6H15N3. The maximum absolute atomic E-state index is 5.46. The Balaban J connectivity index is 3.25. The zero-order chi connectivity index (χ0) is 7.11. The standard InChI is InChI=1S/C6H15N3/c1-3-8-5-6(7)9-4-2/h8H,3-5H2,1-2H3,(H2,7,9). The Morgan fingerprint density at radius 1 is 1.56 bits per heavy atom. The highest BCUT2D eigenvalue weighted by Crippen LogP contribution is 1.67. The monoisotopic (exact) mass is 129 g/mol. The Bertz CT molecular complexity index is 88.3. The average Bonchev–Trinajstić information content (AvgIpc) is 1.85. The molecule has 0 fully saturated rings. The smallest absolute Gasteiger partial charge is 0.108 e. The molecule has 0 spiro atoms. The fourth-order valence-electron chi connectivity index (χ4n) is 0.512. The third-order valence-electron chi connectivity index (χ3n) is 0.917. The first-order chi connectivity index (χ1) is 4.31. The Hall–Kier alpha value is -0.570. The van der Waals surface area contributed by atoms with Gasteiger partial charge in [0, 0.05) is 6.54 Å². The number of likely N-dealkylation sites (N-methyl/N-ethyl adjacent to an activating group) is 1. The van der Waals surface area contributed by atoms with Gasteiger partial charge < -0.3 is 11.1 Å². The zero-order valence-electron chi connectivity index (χ0n) is 6.15. The van der Waals surface area contributed by atoms with Crippen molar-refractivity contribution in [2.45, 2.75) is 13.8 Å². The van der Waals surface area contributed by atoms with Gasteiger partial charge in [0.1, 0.15) is 5.84 Å². The maximum Gasteiger partial charge on any atom is 0.108 e. The Morgan fingerprint density at radius 2 is 2.22 bits per heavy atom. The first-order valence-corrected chi connectivity index (χ1v) is 3.30. The summed E-state index contributed by atoms with van der Waals surface area (Å²) in [7, 11) is 0. The van der Waals surface area contributed by atoms with Gasteiger partial charge in [-0.2, -0.15) is 0 Å². The van der Waals surface area contributed by atoms with Gasteiger partial charge in [-0.05, 0) is 13.5 Å². The van der Waals surface area contributed by atoms with Crippen molar-refractivity contribution in [3.63, 3.8) is 0 Å². The van der Waals surface area contributed by atoms with E-state index in [1.165, 1.54) is 0 Å². The van der Waals surface area contributed by atoms with E-state index in [0.717, 1.165) is 13.1 Å². The normalized spacial score (nSPS) is 12.0. The summed E-state index contributed by atoms with van der Waals surface area (Å²) in [4.78, 5) is 3.99. The summed E-state index contributed by atoms with van der Waals surface area (Å²) in [6.45, 7) is 6.44. The minimum atomic E-state index is 0.694. The molecule has 3 N–H and O–H groups in total. The van der Waals surface area contributed by atoms with Gasteiger partial charge in [-0.25, -0.2) is 0 Å². The molecule has 9 heavy (non-hydrogen) atoms. The van der Waals surface area contributed by atoms with Crippen LogP contribution < -0.4 is 11.1 Å². The summed E-state index contributed by atoms with van der Waals surface area (Å²) in [6, 6.07) is 0. The molecule has 3 nitrogen and oxygen atoms in total. The maximum atomic E-state index is 5.46. The largest absolute Gasteiger partial charge is 0.386 e. The quantitative estimate of drug-likeness (QED) is 0.414. The summed E-state index contributed by atoms with van der Waals surface area (Å²) < 4.78 is 0. The van der Waals surface area contributed by atoms with Crippen molar-refractivity contribution in [1.82, 2.24) is 5.32 Å². The lowest BCUT2D eigenvalue weighted by molar-refractivity contribution is 0.811. The molecule has 0 aliphatic heterocycles. The van der Waals surface area contributed by atoms with Gasteiger partial charge in [-0.1, -0.05) is 6.92 Å². The fourth-order valence-corrected chi connectivity index (χ4v) is 0.512. The van der Waals surface area contributed by atoms with Crippen molar-refractivity contribution < 1.29 is 0 Å². The van der Waals surface area contributed by atoms with Gasteiger partial charge in [0.05, 0.1) is 6.54 Å². The van der Waals surface area contributed by atoms with Crippen LogP contribution in [0, 0.1) is 0 Å². The van der Waals surface area contributed by atoms with E-state index in [-0.39, 0.29) is 0 Å². The van der Waals surface area contributed by atoms with E-state index in [1.807, 2.05) is 13.8 Å². The molecule has 0 saturated carbocycles. The number of amidine groups is 1. The predicted molar refractivity (Wildman–Crippen MR) is 40.7 cm³/mol. The SMILES string of the molecule is CC/N=C(\N)CNCC. The van der Waals surface area contributed by atoms with Crippen molar-refractivity contribution in [2.75, 3.05) is 19.6 Å². The number of nitrogens with one attached hydrogen (secondary N) is 1. The second-order valence-electron chi connectivity index (χ2n) is 1.75. The van der Waals surface area contributed by atoms with Gasteiger partial charge in [0.25, 0.3) is 0 Å². The predicted octanol–water partition coefficient (Wildman–Crippen LogP) is -0.0270. The van der Waals surface area contributed by atoms with E-state index < -0.39 is 0 Å². The van der Waals surface area contributed by atoms with Crippen LogP contribution in [0.2, 0.25) is 0 Å². The van der Waals surface area contributed by atoms with Crippen LogP contribution in [0.15, 0.2) is 4.99 Å². The molecule has 0 saturated heterocycles. The minimum absolute atomic E-state index is 0.694. The van der Waals surface area contributed by atoms with E-state index in [9.17, 15) is 0 Å². The molecule has 0 aromatic heterocycles. The van der Waals surface area contributed by atoms with Crippen molar-refractivity contribution in [3.8, 4) is 0 Å². The van der Waals surface area contributed by atoms with Gasteiger partial charge in [-0.3, -0.25) is 4.99 Å². The van der Waals surface area contributed by atoms with Crippen LogP contribution in [0.1, 0.15) is 13.8 Å². The molecule has 0 heterocycles. The minimum Gasteiger partial charge on any atom is -0.386 e. The molecule has 3 heteroatoms. The lowest BCUT2D eigenvalue weighted by Gasteiger charge is -1.98. The van der Waals surface area contributed by atoms with Gasteiger partial charge in [0.15, 0.2) is 0 Å². The van der Waals surface area contributed by atoms with E-state index in [1.54, 1.807) is 0 Å². The molecule has 0 unspecified atom stereocenters. The van der Waals surface area contributed by atoms with Gasteiger partial charge in [0.2, 0.25) is 0 Å². The van der Waals surface area contributed by atoms with E-state index in [4.69, 9.17) is 5.73 Å². The van der Waals surface area contributed by atoms with E-state index in [2.05, 4.69) is 10.3 Å². The van der Waals surface area contributed by atoms with Gasteiger partial charge >= 0.3 is 0 Å². The second-order valence-corrected chi connectivity index (χ2v) is 1.75. The first kappa shape index (κ1) is 8.43. The lowest BCUT2D eigenvalue weighted by atomic mass is 10.5. The zero-order valence-corrected chi connectivity index (χ0v) is 6.15. The summed E-state index contributed by atoms with van der Waals surface area (Å²) in [5, 5.41) is 3.08. The molecule has 0 aromatic carbocycles. The Morgan fingerprint density at radius 3 is 2.67 bits per heavy atom.